The van der Waals surface area contributed by atoms with Crippen molar-refractivity contribution >= 4 is 29.6 Å². The van der Waals surface area contributed by atoms with E-state index in [2.05, 4.69) is 4.99 Å². The Bertz CT molecular complexity index is 1040. The van der Waals surface area contributed by atoms with Gasteiger partial charge in [-0.1, -0.05) is 12.1 Å². The summed E-state index contributed by atoms with van der Waals surface area (Å²) in [5.41, 5.74) is 0.751. The molecule has 9 nitrogen and oxygen atoms in total. The number of hydrogen-bond acceptors (Lipinski definition) is 8. The summed E-state index contributed by atoms with van der Waals surface area (Å²) in [4.78, 5) is 37.7. The normalized spacial score (nSPS) is 14.4. The van der Waals surface area contributed by atoms with Crippen molar-refractivity contribution in [2.45, 2.75) is 6.92 Å². The lowest BCUT2D eigenvalue weighted by Gasteiger charge is -2.08. The molecule has 9 heteroatoms. The molecular weight excluding hydrogens is 368 g/mol. The molecule has 1 aliphatic rings. The second-order valence-electron chi connectivity index (χ2n) is 5.65. The van der Waals surface area contributed by atoms with Gasteiger partial charge in [-0.05, 0) is 29.8 Å². The highest BCUT2D eigenvalue weighted by Gasteiger charge is 2.25. The van der Waals surface area contributed by atoms with Crippen LogP contribution < -0.4 is 9.47 Å². The van der Waals surface area contributed by atoms with Crippen LogP contribution in [0.2, 0.25) is 0 Å². The smallest absolute Gasteiger partial charge is 0.363 e. The standard InChI is InChI=1S/C19H14N2O7/c1-11(22)27-16-7-6-12(9-17(16)26-2)8-15-19(23)28-18(20-15)13-4-3-5-14(10-13)21(24)25/h3-10H,1-2H3/b15-8+. The van der Waals surface area contributed by atoms with Gasteiger partial charge in [-0.25, -0.2) is 9.79 Å². The summed E-state index contributed by atoms with van der Waals surface area (Å²) < 4.78 is 15.3. The molecule has 28 heavy (non-hydrogen) atoms. The number of esters is 2. The van der Waals surface area contributed by atoms with Crippen LogP contribution in [0.15, 0.2) is 53.2 Å². The zero-order chi connectivity index (χ0) is 20.3. The van der Waals surface area contributed by atoms with Gasteiger partial charge in [-0.2, -0.15) is 0 Å². The Labute approximate surface area is 159 Å². The molecule has 0 bridgehead atoms. The Morgan fingerprint density at radius 1 is 1.21 bits per heavy atom. The maximum Gasteiger partial charge on any atom is 0.363 e. The quantitative estimate of drug-likeness (QED) is 0.256. The van der Waals surface area contributed by atoms with Crippen molar-refractivity contribution < 1.29 is 28.7 Å². The summed E-state index contributed by atoms with van der Waals surface area (Å²) in [6.45, 7) is 1.27. The fourth-order valence-electron chi connectivity index (χ4n) is 2.46. The first-order chi connectivity index (χ1) is 13.4. The molecule has 0 fully saturated rings. The largest absolute Gasteiger partial charge is 0.493 e. The predicted octanol–water partition coefficient (Wildman–Crippen LogP) is 2.87. The van der Waals surface area contributed by atoms with E-state index in [0.717, 1.165) is 0 Å². The molecule has 1 heterocycles. The van der Waals surface area contributed by atoms with Gasteiger partial charge in [0.15, 0.2) is 17.2 Å². The Hall–Kier alpha value is -4.01. The highest BCUT2D eigenvalue weighted by molar-refractivity contribution is 6.13. The van der Waals surface area contributed by atoms with E-state index < -0.39 is 16.9 Å². The number of ether oxygens (including phenoxy) is 3. The van der Waals surface area contributed by atoms with E-state index in [-0.39, 0.29) is 23.0 Å². The molecule has 0 radical (unpaired) electrons. The van der Waals surface area contributed by atoms with Gasteiger partial charge >= 0.3 is 11.9 Å². The van der Waals surface area contributed by atoms with Gasteiger partial charge in [0.2, 0.25) is 5.90 Å². The molecule has 0 atom stereocenters. The van der Waals surface area contributed by atoms with Gasteiger partial charge in [0.1, 0.15) is 0 Å². The lowest BCUT2D eigenvalue weighted by molar-refractivity contribution is -0.384. The molecule has 0 unspecified atom stereocenters. The van der Waals surface area contributed by atoms with E-state index in [9.17, 15) is 19.7 Å². The van der Waals surface area contributed by atoms with Crippen LogP contribution in [0.5, 0.6) is 11.5 Å². The minimum absolute atomic E-state index is 0.0174. The number of hydrogen-bond donors (Lipinski definition) is 0. The number of methoxy groups -OCH3 is 1. The monoisotopic (exact) mass is 382 g/mol. The molecule has 0 aliphatic carbocycles. The third kappa shape index (κ3) is 4.04. The number of cyclic esters (lactones) is 1. The maximum absolute atomic E-state index is 12.1. The lowest BCUT2D eigenvalue weighted by Crippen LogP contribution is -2.05. The average molecular weight is 382 g/mol. The molecular formula is C19H14N2O7. The number of benzene rings is 2. The molecule has 3 rings (SSSR count). The van der Waals surface area contributed by atoms with Crippen LogP contribution in [0.25, 0.3) is 6.08 Å². The van der Waals surface area contributed by atoms with Crippen molar-refractivity contribution in [3.63, 3.8) is 0 Å². The molecule has 0 aromatic heterocycles. The first-order valence-electron chi connectivity index (χ1n) is 8.01. The van der Waals surface area contributed by atoms with Crippen LogP contribution in [-0.2, 0) is 14.3 Å². The molecule has 0 saturated carbocycles. The first-order valence-corrected chi connectivity index (χ1v) is 8.01. The third-order valence-electron chi connectivity index (χ3n) is 3.67. The Kier molecular flexibility index (Phi) is 5.16. The third-order valence-corrected chi connectivity index (χ3v) is 3.67. The van der Waals surface area contributed by atoms with Crippen LogP contribution in [0, 0.1) is 10.1 Å². The Morgan fingerprint density at radius 2 is 2.00 bits per heavy atom. The summed E-state index contributed by atoms with van der Waals surface area (Å²) in [6.07, 6.45) is 1.47. The number of non-ortho nitro benzene ring substituents is 1. The van der Waals surface area contributed by atoms with Crippen molar-refractivity contribution in [3.05, 3.63) is 69.4 Å². The number of nitro benzene ring substituents is 1. The van der Waals surface area contributed by atoms with Crippen molar-refractivity contribution in [2.24, 2.45) is 4.99 Å². The van der Waals surface area contributed by atoms with Crippen molar-refractivity contribution in [1.82, 2.24) is 0 Å². The number of nitrogens with zero attached hydrogens (tertiary/aromatic N) is 2. The SMILES string of the molecule is COc1cc(/C=C2/N=C(c3cccc([N+](=O)[O-])c3)OC2=O)ccc1OC(C)=O. The lowest BCUT2D eigenvalue weighted by atomic mass is 10.1. The second kappa shape index (κ2) is 7.70. The summed E-state index contributed by atoms with van der Waals surface area (Å²) in [6, 6.07) is 10.3. The number of nitro groups is 1. The molecule has 2 aromatic carbocycles. The summed E-state index contributed by atoms with van der Waals surface area (Å²) in [7, 11) is 1.42. The minimum atomic E-state index is -0.690. The maximum atomic E-state index is 12.1. The Balaban J connectivity index is 1.92. The van der Waals surface area contributed by atoms with Crippen LogP contribution in [0.4, 0.5) is 5.69 Å². The molecule has 0 saturated heterocycles. The summed E-state index contributed by atoms with van der Waals surface area (Å²) in [5.74, 6) is -0.659. The van der Waals surface area contributed by atoms with E-state index in [4.69, 9.17) is 14.2 Å². The van der Waals surface area contributed by atoms with Crippen LogP contribution in [-0.4, -0.2) is 29.9 Å². The molecule has 0 amide bonds. The van der Waals surface area contributed by atoms with E-state index in [1.807, 2.05) is 0 Å². The highest BCUT2D eigenvalue weighted by atomic mass is 16.6. The number of rotatable bonds is 5. The Morgan fingerprint density at radius 3 is 2.68 bits per heavy atom. The van der Waals surface area contributed by atoms with Crippen molar-refractivity contribution in [2.75, 3.05) is 7.11 Å². The molecule has 142 valence electrons. The fourth-order valence-corrected chi connectivity index (χ4v) is 2.46. The number of carbonyl (C=O) groups excluding carboxylic acids is 2. The molecule has 0 spiro atoms. The van der Waals surface area contributed by atoms with Gasteiger partial charge in [0, 0.05) is 24.6 Å². The van der Waals surface area contributed by atoms with E-state index in [1.54, 1.807) is 18.2 Å². The topological polar surface area (TPSA) is 117 Å². The zero-order valence-corrected chi connectivity index (χ0v) is 14.9. The number of aliphatic imine (C=N–C) groups is 1. The van der Waals surface area contributed by atoms with E-state index >= 15 is 0 Å². The average Bonchev–Trinajstić information content (AvgIpc) is 3.03. The van der Waals surface area contributed by atoms with E-state index in [0.29, 0.717) is 16.9 Å². The zero-order valence-electron chi connectivity index (χ0n) is 14.9. The van der Waals surface area contributed by atoms with Gasteiger partial charge < -0.3 is 14.2 Å². The summed E-state index contributed by atoms with van der Waals surface area (Å²) >= 11 is 0. The van der Waals surface area contributed by atoms with Crippen LogP contribution >= 0.6 is 0 Å². The highest BCUT2D eigenvalue weighted by Crippen LogP contribution is 2.30. The fraction of sp³-hybridized carbons (Fsp3) is 0.105. The van der Waals surface area contributed by atoms with Crippen molar-refractivity contribution in [1.29, 1.82) is 0 Å². The molecule has 2 aromatic rings. The first kappa shape index (κ1) is 18.8. The minimum Gasteiger partial charge on any atom is -0.493 e. The van der Waals surface area contributed by atoms with Gasteiger partial charge in [0.25, 0.3) is 5.69 Å². The summed E-state index contributed by atoms with van der Waals surface area (Å²) in [5, 5.41) is 10.9. The predicted molar refractivity (Wildman–Crippen MR) is 98.0 cm³/mol. The molecule has 1 aliphatic heterocycles. The van der Waals surface area contributed by atoms with Crippen molar-refractivity contribution in [3.8, 4) is 11.5 Å². The number of carbonyl (C=O) groups is 2. The van der Waals surface area contributed by atoms with Crippen LogP contribution in [0.3, 0.4) is 0 Å². The van der Waals surface area contributed by atoms with Gasteiger partial charge in [0.05, 0.1) is 12.0 Å². The van der Waals surface area contributed by atoms with Gasteiger partial charge in [-0.3, -0.25) is 14.9 Å². The van der Waals surface area contributed by atoms with Crippen LogP contribution in [0.1, 0.15) is 18.1 Å². The van der Waals surface area contributed by atoms with Gasteiger partial charge in [-0.15, -0.1) is 0 Å². The second-order valence-corrected chi connectivity index (χ2v) is 5.65. The van der Waals surface area contributed by atoms with E-state index in [1.165, 1.54) is 44.4 Å². The molecule has 0 N–H and O–H groups in total.